The first-order valence-electron chi connectivity index (χ1n) is 4.76. The van der Waals surface area contributed by atoms with Crippen LogP contribution in [0.4, 0.5) is 19.0 Å². The Labute approximate surface area is 94.6 Å². The van der Waals surface area contributed by atoms with Gasteiger partial charge in [0.15, 0.2) is 0 Å². The van der Waals surface area contributed by atoms with Gasteiger partial charge in [0.25, 0.3) is 0 Å². The smallest absolute Gasteiger partial charge is 0.373 e. The van der Waals surface area contributed by atoms with E-state index < -0.39 is 11.9 Å². The molecule has 0 amide bonds. The molecular formula is C9H10F3N5. The lowest BCUT2D eigenvalue weighted by atomic mass is 10.2. The standard InChI is InChI=1S/C9H10F3N5/c1-13-8-5(4-14-17(8)2)6-3-7(16-15-6)9(10,11)12/h3-4,13H,1-2H3,(H,15,16). The minimum Gasteiger partial charge on any atom is -0.373 e. The number of hydrogen-bond acceptors (Lipinski definition) is 3. The Kier molecular flexibility index (Phi) is 2.56. The van der Waals surface area contributed by atoms with Gasteiger partial charge >= 0.3 is 6.18 Å². The van der Waals surface area contributed by atoms with Crippen molar-refractivity contribution in [2.75, 3.05) is 12.4 Å². The van der Waals surface area contributed by atoms with Crippen LogP contribution in [-0.4, -0.2) is 27.0 Å². The summed E-state index contributed by atoms with van der Waals surface area (Å²) in [6.07, 6.45) is -2.96. The molecule has 0 bridgehead atoms. The fraction of sp³-hybridized carbons (Fsp3) is 0.333. The lowest BCUT2D eigenvalue weighted by molar-refractivity contribution is -0.141. The van der Waals surface area contributed by atoms with E-state index in [4.69, 9.17) is 0 Å². The van der Waals surface area contributed by atoms with Gasteiger partial charge in [-0.25, -0.2) is 0 Å². The maximum atomic E-state index is 12.4. The number of H-pyrrole nitrogens is 1. The molecule has 0 aliphatic carbocycles. The maximum Gasteiger partial charge on any atom is 0.432 e. The van der Waals surface area contributed by atoms with E-state index in [2.05, 4.69) is 15.5 Å². The second kappa shape index (κ2) is 3.79. The number of nitrogens with zero attached hydrogens (tertiary/aromatic N) is 3. The summed E-state index contributed by atoms with van der Waals surface area (Å²) >= 11 is 0. The van der Waals surface area contributed by atoms with Gasteiger partial charge in [0, 0.05) is 14.1 Å². The first kappa shape index (κ1) is 11.5. The van der Waals surface area contributed by atoms with E-state index in [-0.39, 0.29) is 5.69 Å². The van der Waals surface area contributed by atoms with Gasteiger partial charge in [-0.2, -0.15) is 23.4 Å². The highest BCUT2D eigenvalue weighted by atomic mass is 19.4. The fourth-order valence-corrected chi connectivity index (χ4v) is 1.53. The number of hydrogen-bond donors (Lipinski definition) is 2. The Balaban J connectivity index is 2.44. The van der Waals surface area contributed by atoms with Gasteiger partial charge in [0.2, 0.25) is 0 Å². The summed E-state index contributed by atoms with van der Waals surface area (Å²) in [5, 5.41) is 12.4. The summed E-state index contributed by atoms with van der Waals surface area (Å²) in [5.41, 5.74) is -0.157. The molecule has 2 N–H and O–H groups in total. The molecule has 0 atom stereocenters. The van der Waals surface area contributed by atoms with Crippen molar-refractivity contribution < 1.29 is 13.2 Å². The van der Waals surface area contributed by atoms with Crippen molar-refractivity contribution in [1.82, 2.24) is 20.0 Å². The molecule has 92 valence electrons. The van der Waals surface area contributed by atoms with Crippen LogP contribution in [0.2, 0.25) is 0 Å². The van der Waals surface area contributed by atoms with Crippen molar-refractivity contribution in [3.05, 3.63) is 18.0 Å². The molecule has 0 spiro atoms. The number of nitrogens with one attached hydrogen (secondary N) is 2. The topological polar surface area (TPSA) is 58.5 Å². The van der Waals surface area contributed by atoms with Crippen LogP contribution in [0, 0.1) is 0 Å². The third kappa shape index (κ3) is 1.97. The van der Waals surface area contributed by atoms with Crippen molar-refractivity contribution >= 4 is 5.82 Å². The molecule has 2 aromatic heterocycles. The van der Waals surface area contributed by atoms with Crippen LogP contribution in [0.25, 0.3) is 11.3 Å². The van der Waals surface area contributed by atoms with Crippen LogP contribution in [-0.2, 0) is 13.2 Å². The third-order valence-corrected chi connectivity index (χ3v) is 2.33. The summed E-state index contributed by atoms with van der Waals surface area (Å²) in [5.74, 6) is 0.602. The number of aromatic nitrogens is 4. The molecule has 2 aromatic rings. The Hall–Kier alpha value is -1.99. The fourth-order valence-electron chi connectivity index (χ4n) is 1.53. The minimum absolute atomic E-state index is 0.203. The molecule has 0 saturated carbocycles. The molecular weight excluding hydrogens is 235 g/mol. The molecule has 17 heavy (non-hydrogen) atoms. The molecule has 5 nitrogen and oxygen atoms in total. The Morgan fingerprint density at radius 1 is 1.41 bits per heavy atom. The maximum absolute atomic E-state index is 12.4. The summed E-state index contributed by atoms with van der Waals surface area (Å²) in [6, 6.07) is 0.956. The van der Waals surface area contributed by atoms with Crippen molar-refractivity contribution in [2.45, 2.75) is 6.18 Å². The van der Waals surface area contributed by atoms with Crippen LogP contribution in [0.1, 0.15) is 5.69 Å². The summed E-state index contributed by atoms with van der Waals surface area (Å²) < 4.78 is 38.7. The van der Waals surface area contributed by atoms with E-state index in [9.17, 15) is 13.2 Å². The highest BCUT2D eigenvalue weighted by molar-refractivity contribution is 5.72. The number of anilines is 1. The zero-order valence-corrected chi connectivity index (χ0v) is 9.13. The van der Waals surface area contributed by atoms with Gasteiger partial charge in [-0.15, -0.1) is 0 Å². The predicted molar refractivity (Wildman–Crippen MR) is 55.3 cm³/mol. The molecule has 2 heterocycles. The molecule has 0 aromatic carbocycles. The Morgan fingerprint density at radius 2 is 2.12 bits per heavy atom. The molecule has 0 aliphatic heterocycles. The molecule has 8 heteroatoms. The molecule has 2 rings (SSSR count). The van der Waals surface area contributed by atoms with E-state index in [1.165, 1.54) is 10.9 Å². The van der Waals surface area contributed by atoms with Gasteiger partial charge < -0.3 is 5.32 Å². The second-order valence-electron chi connectivity index (χ2n) is 3.45. The van der Waals surface area contributed by atoms with E-state index in [0.29, 0.717) is 11.4 Å². The van der Waals surface area contributed by atoms with Gasteiger partial charge in [0.05, 0.1) is 17.5 Å². The van der Waals surface area contributed by atoms with Gasteiger partial charge in [-0.05, 0) is 6.07 Å². The van der Waals surface area contributed by atoms with E-state index in [1.807, 2.05) is 5.10 Å². The number of aromatic amines is 1. The van der Waals surface area contributed by atoms with Gasteiger partial charge in [-0.1, -0.05) is 0 Å². The van der Waals surface area contributed by atoms with Gasteiger partial charge in [0.1, 0.15) is 11.5 Å². The monoisotopic (exact) mass is 245 g/mol. The number of alkyl halides is 3. The first-order chi connectivity index (χ1) is 7.93. The average molecular weight is 245 g/mol. The Morgan fingerprint density at radius 3 is 2.65 bits per heavy atom. The minimum atomic E-state index is -4.42. The molecule has 0 fully saturated rings. The van der Waals surface area contributed by atoms with Crippen LogP contribution in [0.5, 0.6) is 0 Å². The SMILES string of the molecule is CNc1c(-c2cc(C(F)(F)F)[nH]n2)cnn1C. The highest BCUT2D eigenvalue weighted by Gasteiger charge is 2.33. The predicted octanol–water partition coefficient (Wildman–Crippen LogP) is 1.87. The number of halogens is 3. The van der Waals surface area contributed by atoms with Crippen molar-refractivity contribution in [2.24, 2.45) is 7.05 Å². The third-order valence-electron chi connectivity index (χ3n) is 2.33. The second-order valence-corrected chi connectivity index (χ2v) is 3.45. The highest BCUT2D eigenvalue weighted by Crippen LogP contribution is 2.32. The van der Waals surface area contributed by atoms with Crippen molar-refractivity contribution in [1.29, 1.82) is 0 Å². The molecule has 0 unspecified atom stereocenters. The zero-order chi connectivity index (χ0) is 12.6. The zero-order valence-electron chi connectivity index (χ0n) is 9.13. The van der Waals surface area contributed by atoms with Crippen LogP contribution < -0.4 is 5.32 Å². The average Bonchev–Trinajstić information content (AvgIpc) is 2.82. The number of rotatable bonds is 2. The number of aryl methyl sites for hydroxylation is 1. The molecule has 0 radical (unpaired) electrons. The van der Waals surface area contributed by atoms with Crippen molar-refractivity contribution in [3.63, 3.8) is 0 Å². The summed E-state index contributed by atoms with van der Waals surface area (Å²) in [7, 11) is 3.35. The van der Waals surface area contributed by atoms with Gasteiger partial charge in [-0.3, -0.25) is 9.78 Å². The largest absolute Gasteiger partial charge is 0.432 e. The lowest BCUT2D eigenvalue weighted by Crippen LogP contribution is -2.04. The van der Waals surface area contributed by atoms with E-state index >= 15 is 0 Å². The summed E-state index contributed by atoms with van der Waals surface area (Å²) in [6.45, 7) is 0. The van der Waals surface area contributed by atoms with Crippen LogP contribution in [0.15, 0.2) is 12.3 Å². The summed E-state index contributed by atoms with van der Waals surface area (Å²) in [4.78, 5) is 0. The van der Waals surface area contributed by atoms with E-state index in [1.54, 1.807) is 14.1 Å². The van der Waals surface area contributed by atoms with Crippen molar-refractivity contribution in [3.8, 4) is 11.3 Å². The molecule has 0 aliphatic rings. The first-order valence-corrected chi connectivity index (χ1v) is 4.76. The normalized spacial score (nSPS) is 11.8. The quantitative estimate of drug-likeness (QED) is 0.849. The van der Waals surface area contributed by atoms with Crippen LogP contribution >= 0.6 is 0 Å². The van der Waals surface area contributed by atoms with E-state index in [0.717, 1.165) is 6.07 Å². The lowest BCUT2D eigenvalue weighted by Gasteiger charge is -2.02. The molecule has 0 saturated heterocycles. The Bertz CT molecular complexity index is 525. The van der Waals surface area contributed by atoms with Crippen LogP contribution in [0.3, 0.4) is 0 Å².